The van der Waals surface area contributed by atoms with E-state index in [2.05, 4.69) is 0 Å². The number of rotatable bonds is 3. The second kappa shape index (κ2) is 6.52. The maximum Gasteiger partial charge on any atom is 0.244 e. The summed E-state index contributed by atoms with van der Waals surface area (Å²) in [5.41, 5.74) is 0. The molecule has 1 heterocycles. The number of piperazine rings is 1. The van der Waals surface area contributed by atoms with E-state index in [1.165, 1.54) is 10.4 Å². The first-order chi connectivity index (χ1) is 9.87. The molecule has 0 aromatic heterocycles. The summed E-state index contributed by atoms with van der Waals surface area (Å²) in [7, 11) is -3.69. The van der Waals surface area contributed by atoms with E-state index in [4.69, 9.17) is 23.2 Å². The molecule has 0 aliphatic carbocycles. The van der Waals surface area contributed by atoms with Crippen LogP contribution in [0.5, 0.6) is 0 Å². The molecule has 0 N–H and O–H groups in total. The molecular formula is C13H16Cl2N2O3S. The van der Waals surface area contributed by atoms with Crippen LogP contribution in [0.15, 0.2) is 23.1 Å². The van der Waals surface area contributed by atoms with Gasteiger partial charge in [-0.25, -0.2) is 8.42 Å². The number of halogens is 2. The standard InChI is InChI=1S/C13H16Cl2N2O3S/c1-2-12(18)16-6-8-17(9-7-16)21(19,20)11-5-3-4-10(14)13(11)15/h3-5H,2,6-9H2,1H3. The fourth-order valence-electron chi connectivity index (χ4n) is 2.22. The molecule has 1 aromatic rings. The van der Waals surface area contributed by atoms with E-state index < -0.39 is 10.0 Å². The Bertz CT molecular complexity index is 641. The second-order valence-corrected chi connectivity index (χ2v) is 7.38. The highest BCUT2D eigenvalue weighted by atomic mass is 35.5. The molecule has 8 heteroatoms. The highest BCUT2D eigenvalue weighted by Crippen LogP contribution is 2.31. The first-order valence-corrected chi connectivity index (χ1v) is 8.79. The van der Waals surface area contributed by atoms with Crippen LogP contribution < -0.4 is 0 Å². The van der Waals surface area contributed by atoms with Crippen LogP contribution in [-0.4, -0.2) is 49.7 Å². The minimum absolute atomic E-state index is 0.00642. The number of hydrogen-bond acceptors (Lipinski definition) is 3. The number of nitrogens with zero attached hydrogens (tertiary/aromatic N) is 2. The molecule has 1 amide bonds. The first-order valence-electron chi connectivity index (χ1n) is 6.60. The van der Waals surface area contributed by atoms with Gasteiger partial charge in [0.05, 0.1) is 10.0 Å². The molecule has 5 nitrogen and oxygen atoms in total. The van der Waals surface area contributed by atoms with Crippen molar-refractivity contribution >= 4 is 39.1 Å². The van der Waals surface area contributed by atoms with Crippen LogP contribution >= 0.6 is 23.2 Å². The molecule has 2 rings (SSSR count). The van der Waals surface area contributed by atoms with Gasteiger partial charge in [-0.1, -0.05) is 36.2 Å². The van der Waals surface area contributed by atoms with Crippen molar-refractivity contribution in [3.05, 3.63) is 28.2 Å². The zero-order valence-electron chi connectivity index (χ0n) is 11.6. The Hall–Kier alpha value is -0.820. The quantitative estimate of drug-likeness (QED) is 0.839. The molecule has 1 aliphatic rings. The Labute approximate surface area is 134 Å². The van der Waals surface area contributed by atoms with E-state index in [1.54, 1.807) is 24.0 Å². The maximum absolute atomic E-state index is 12.6. The smallest absolute Gasteiger partial charge is 0.244 e. The SMILES string of the molecule is CCC(=O)N1CCN(S(=O)(=O)c2cccc(Cl)c2Cl)CC1. The van der Waals surface area contributed by atoms with Crippen LogP contribution in [0.2, 0.25) is 10.0 Å². The van der Waals surface area contributed by atoms with Gasteiger partial charge in [0.1, 0.15) is 4.90 Å². The topological polar surface area (TPSA) is 57.7 Å². The number of amides is 1. The van der Waals surface area contributed by atoms with Crippen molar-refractivity contribution < 1.29 is 13.2 Å². The van der Waals surface area contributed by atoms with Crippen LogP contribution in [0.25, 0.3) is 0 Å². The van der Waals surface area contributed by atoms with Crippen molar-refractivity contribution in [1.29, 1.82) is 0 Å². The molecule has 0 unspecified atom stereocenters. The summed E-state index contributed by atoms with van der Waals surface area (Å²) in [5.74, 6) is 0.0350. The fourth-order valence-corrected chi connectivity index (χ4v) is 4.38. The molecule has 1 aliphatic heterocycles. The zero-order valence-corrected chi connectivity index (χ0v) is 13.9. The minimum Gasteiger partial charge on any atom is -0.340 e. The summed E-state index contributed by atoms with van der Waals surface area (Å²) < 4.78 is 26.5. The van der Waals surface area contributed by atoms with E-state index in [1.807, 2.05) is 0 Å². The van der Waals surface area contributed by atoms with E-state index in [0.29, 0.717) is 19.5 Å². The number of sulfonamides is 1. The van der Waals surface area contributed by atoms with Crippen molar-refractivity contribution in [2.75, 3.05) is 26.2 Å². The second-order valence-electron chi connectivity index (χ2n) is 4.69. The third-order valence-corrected chi connectivity index (χ3v) is 6.30. The third kappa shape index (κ3) is 3.34. The lowest BCUT2D eigenvalue weighted by molar-refractivity contribution is -0.132. The largest absolute Gasteiger partial charge is 0.340 e. The van der Waals surface area contributed by atoms with Crippen LogP contribution in [0.3, 0.4) is 0 Å². The highest BCUT2D eigenvalue weighted by molar-refractivity contribution is 7.89. The number of carbonyl (C=O) groups is 1. The van der Waals surface area contributed by atoms with E-state index in [9.17, 15) is 13.2 Å². The summed E-state index contributed by atoms with van der Waals surface area (Å²) in [6.07, 6.45) is 0.423. The molecule has 0 radical (unpaired) electrons. The molecule has 116 valence electrons. The van der Waals surface area contributed by atoms with Crippen molar-refractivity contribution in [2.45, 2.75) is 18.2 Å². The van der Waals surface area contributed by atoms with Gasteiger partial charge in [0.25, 0.3) is 0 Å². The molecular weight excluding hydrogens is 335 g/mol. The van der Waals surface area contributed by atoms with Gasteiger partial charge in [-0.2, -0.15) is 4.31 Å². The number of carbonyl (C=O) groups excluding carboxylic acids is 1. The monoisotopic (exact) mass is 350 g/mol. The lowest BCUT2D eigenvalue weighted by Gasteiger charge is -2.34. The van der Waals surface area contributed by atoms with Gasteiger partial charge in [0, 0.05) is 32.6 Å². The lowest BCUT2D eigenvalue weighted by Crippen LogP contribution is -2.50. The molecule has 1 aromatic carbocycles. The average Bonchev–Trinajstić information content (AvgIpc) is 2.49. The lowest BCUT2D eigenvalue weighted by atomic mass is 10.3. The molecule has 21 heavy (non-hydrogen) atoms. The third-order valence-electron chi connectivity index (χ3n) is 3.43. The Morgan fingerprint density at radius 1 is 1.19 bits per heavy atom. The summed E-state index contributed by atoms with van der Waals surface area (Å²) in [4.78, 5) is 13.3. The summed E-state index contributed by atoms with van der Waals surface area (Å²) in [6, 6.07) is 4.53. The van der Waals surface area contributed by atoms with Crippen molar-refractivity contribution in [3.63, 3.8) is 0 Å². The number of benzene rings is 1. The average molecular weight is 351 g/mol. The Kier molecular flexibility index (Phi) is 5.14. The Morgan fingerprint density at radius 2 is 1.81 bits per heavy atom. The van der Waals surface area contributed by atoms with Gasteiger partial charge < -0.3 is 4.90 Å². The van der Waals surface area contributed by atoms with Crippen molar-refractivity contribution in [2.24, 2.45) is 0 Å². The predicted molar refractivity (Wildman–Crippen MR) is 82.1 cm³/mol. The maximum atomic E-state index is 12.6. The molecule has 0 spiro atoms. The van der Waals surface area contributed by atoms with Crippen LogP contribution in [0.4, 0.5) is 0 Å². The molecule has 0 bridgehead atoms. The van der Waals surface area contributed by atoms with Gasteiger partial charge in [-0.05, 0) is 12.1 Å². The first kappa shape index (κ1) is 16.5. The minimum atomic E-state index is -3.69. The summed E-state index contributed by atoms with van der Waals surface area (Å²) in [6.45, 7) is 3.10. The van der Waals surface area contributed by atoms with Crippen LogP contribution in [0, 0.1) is 0 Å². The Balaban J connectivity index is 2.19. The fraction of sp³-hybridized carbons (Fsp3) is 0.462. The number of hydrogen-bond donors (Lipinski definition) is 0. The molecule has 0 saturated carbocycles. The van der Waals surface area contributed by atoms with Gasteiger partial charge in [0.2, 0.25) is 15.9 Å². The van der Waals surface area contributed by atoms with Crippen LogP contribution in [-0.2, 0) is 14.8 Å². The molecule has 1 saturated heterocycles. The predicted octanol–water partition coefficient (Wildman–Crippen LogP) is 2.24. The van der Waals surface area contributed by atoms with Gasteiger partial charge in [-0.15, -0.1) is 0 Å². The summed E-state index contributed by atoms with van der Waals surface area (Å²) in [5, 5.41) is 0.240. The summed E-state index contributed by atoms with van der Waals surface area (Å²) >= 11 is 11.9. The Morgan fingerprint density at radius 3 is 2.38 bits per heavy atom. The zero-order chi connectivity index (χ0) is 15.6. The van der Waals surface area contributed by atoms with Gasteiger partial charge >= 0.3 is 0 Å². The van der Waals surface area contributed by atoms with E-state index in [-0.39, 0.29) is 33.9 Å². The van der Waals surface area contributed by atoms with Crippen molar-refractivity contribution in [3.8, 4) is 0 Å². The van der Waals surface area contributed by atoms with Gasteiger partial charge in [0.15, 0.2) is 0 Å². The molecule has 1 fully saturated rings. The highest BCUT2D eigenvalue weighted by Gasteiger charge is 2.31. The molecule has 0 atom stereocenters. The van der Waals surface area contributed by atoms with Crippen LogP contribution in [0.1, 0.15) is 13.3 Å². The van der Waals surface area contributed by atoms with E-state index >= 15 is 0 Å². The van der Waals surface area contributed by atoms with E-state index in [0.717, 1.165) is 0 Å². The van der Waals surface area contributed by atoms with Crippen molar-refractivity contribution in [1.82, 2.24) is 9.21 Å². The van der Waals surface area contributed by atoms with Gasteiger partial charge in [-0.3, -0.25) is 4.79 Å². The normalized spacial score (nSPS) is 17.0.